The van der Waals surface area contributed by atoms with Gasteiger partial charge in [-0.15, -0.1) is 11.8 Å². The summed E-state index contributed by atoms with van der Waals surface area (Å²) in [5.74, 6) is 0.913. The molecule has 0 atom stereocenters. The van der Waals surface area contributed by atoms with Crippen LogP contribution in [-0.2, 0) is 6.54 Å². The van der Waals surface area contributed by atoms with Crippen LogP contribution in [0.1, 0.15) is 5.56 Å². The predicted molar refractivity (Wildman–Crippen MR) is 63.4 cm³/mol. The largest absolute Gasteiger partial charge is 0.336 e. The lowest BCUT2D eigenvalue weighted by atomic mass is 10.1. The first kappa shape index (κ1) is 9.90. The average molecular weight is 227 g/mol. The smallest absolute Gasteiger partial charge is 0.0724 e. The van der Waals surface area contributed by atoms with Crippen molar-refractivity contribution in [2.75, 3.05) is 10.8 Å². The van der Waals surface area contributed by atoms with E-state index < -0.39 is 0 Å². The molecule has 0 aliphatic carbocycles. The molecule has 0 bridgehead atoms. The van der Waals surface area contributed by atoms with Gasteiger partial charge in [-0.05, 0) is 17.0 Å². The van der Waals surface area contributed by atoms with Crippen molar-refractivity contribution in [1.82, 2.24) is 0 Å². The van der Waals surface area contributed by atoms with E-state index in [0.29, 0.717) is 6.54 Å². The minimum atomic E-state index is 0.519. The quantitative estimate of drug-likeness (QED) is 0.841. The van der Waals surface area contributed by atoms with Gasteiger partial charge in [0, 0.05) is 12.7 Å². The van der Waals surface area contributed by atoms with E-state index in [4.69, 9.17) is 17.3 Å². The van der Waals surface area contributed by atoms with E-state index in [0.717, 1.165) is 22.2 Å². The number of hydrogen-bond donors (Lipinski definition) is 1. The lowest BCUT2D eigenvalue weighted by molar-refractivity contribution is 1.04. The maximum atomic E-state index is 6.15. The topological polar surface area (TPSA) is 29.3 Å². The van der Waals surface area contributed by atoms with Crippen molar-refractivity contribution >= 4 is 29.1 Å². The van der Waals surface area contributed by atoms with E-state index in [1.165, 1.54) is 0 Å². The van der Waals surface area contributed by atoms with Crippen molar-refractivity contribution in [2.24, 2.45) is 5.73 Å². The van der Waals surface area contributed by atoms with Crippen LogP contribution in [0, 0.1) is 0 Å². The van der Waals surface area contributed by atoms with Crippen LogP contribution in [-0.4, -0.2) is 5.88 Å². The number of nitrogens with zero attached hydrogens (tertiary/aromatic N) is 1. The highest BCUT2D eigenvalue weighted by atomic mass is 35.5. The third kappa shape index (κ3) is 1.75. The minimum Gasteiger partial charge on any atom is -0.336 e. The van der Waals surface area contributed by atoms with E-state index in [9.17, 15) is 0 Å². The van der Waals surface area contributed by atoms with E-state index in [1.807, 2.05) is 24.4 Å². The molecule has 14 heavy (non-hydrogen) atoms. The van der Waals surface area contributed by atoms with Crippen LogP contribution >= 0.6 is 23.4 Å². The standard InChI is InChI=1S/C10H11ClN2S/c11-9-3-1-2-8(6-12)10(9)13-4-5-14-7-13/h1-5H,6-7,12H2. The van der Waals surface area contributed by atoms with Gasteiger partial charge in [-0.25, -0.2) is 0 Å². The van der Waals surface area contributed by atoms with Gasteiger partial charge in [0.1, 0.15) is 0 Å². The highest BCUT2D eigenvalue weighted by Crippen LogP contribution is 2.33. The number of para-hydroxylation sites is 1. The van der Waals surface area contributed by atoms with Crippen LogP contribution < -0.4 is 10.6 Å². The first-order valence-corrected chi connectivity index (χ1v) is 5.78. The third-order valence-electron chi connectivity index (χ3n) is 2.13. The molecule has 0 radical (unpaired) electrons. The zero-order chi connectivity index (χ0) is 9.97. The van der Waals surface area contributed by atoms with Gasteiger partial charge in [-0.3, -0.25) is 0 Å². The molecule has 2 rings (SSSR count). The molecule has 1 aliphatic rings. The Kier molecular flexibility index (Phi) is 3.01. The maximum Gasteiger partial charge on any atom is 0.0724 e. The monoisotopic (exact) mass is 226 g/mol. The Labute approximate surface area is 92.7 Å². The molecule has 1 aliphatic heterocycles. The molecule has 0 amide bonds. The second-order valence-electron chi connectivity index (χ2n) is 3.00. The van der Waals surface area contributed by atoms with E-state index in [-0.39, 0.29) is 0 Å². The van der Waals surface area contributed by atoms with Gasteiger partial charge in [0.15, 0.2) is 0 Å². The number of thioether (sulfide) groups is 1. The lowest BCUT2D eigenvalue weighted by Crippen LogP contribution is -2.15. The first-order valence-electron chi connectivity index (χ1n) is 4.35. The third-order valence-corrected chi connectivity index (χ3v) is 3.17. The van der Waals surface area contributed by atoms with Crippen LogP contribution in [0.2, 0.25) is 5.02 Å². The van der Waals surface area contributed by atoms with Crippen LogP contribution in [0.15, 0.2) is 29.8 Å². The van der Waals surface area contributed by atoms with Crippen molar-refractivity contribution in [3.63, 3.8) is 0 Å². The molecular weight excluding hydrogens is 216 g/mol. The summed E-state index contributed by atoms with van der Waals surface area (Å²) in [7, 11) is 0. The molecule has 2 nitrogen and oxygen atoms in total. The van der Waals surface area contributed by atoms with Gasteiger partial charge in [0.05, 0.1) is 16.6 Å². The zero-order valence-corrected chi connectivity index (χ0v) is 9.18. The minimum absolute atomic E-state index is 0.519. The Morgan fingerprint density at radius 3 is 3.00 bits per heavy atom. The van der Waals surface area contributed by atoms with Crippen molar-refractivity contribution in [1.29, 1.82) is 0 Å². The highest BCUT2D eigenvalue weighted by Gasteiger charge is 2.14. The fourth-order valence-corrected chi connectivity index (χ4v) is 2.47. The van der Waals surface area contributed by atoms with Gasteiger partial charge in [-0.2, -0.15) is 0 Å². The Morgan fingerprint density at radius 1 is 1.50 bits per heavy atom. The average Bonchev–Trinajstić information content (AvgIpc) is 2.70. The van der Waals surface area contributed by atoms with Gasteiger partial charge < -0.3 is 10.6 Å². The predicted octanol–water partition coefficient (Wildman–Crippen LogP) is 2.78. The normalized spacial score (nSPS) is 15.1. The molecular formula is C10H11ClN2S. The summed E-state index contributed by atoms with van der Waals surface area (Å²) >= 11 is 7.90. The van der Waals surface area contributed by atoms with E-state index in [1.54, 1.807) is 11.8 Å². The molecule has 1 aromatic carbocycles. The molecule has 0 spiro atoms. The van der Waals surface area contributed by atoms with Gasteiger partial charge in [0.2, 0.25) is 0 Å². The molecule has 0 saturated heterocycles. The van der Waals surface area contributed by atoms with Crippen molar-refractivity contribution in [2.45, 2.75) is 6.54 Å². The maximum absolute atomic E-state index is 6.15. The van der Waals surface area contributed by atoms with Gasteiger partial charge in [0.25, 0.3) is 0 Å². The molecule has 4 heteroatoms. The van der Waals surface area contributed by atoms with Crippen LogP contribution in [0.25, 0.3) is 0 Å². The molecule has 0 unspecified atom stereocenters. The number of rotatable bonds is 2. The summed E-state index contributed by atoms with van der Waals surface area (Å²) in [6, 6.07) is 5.84. The highest BCUT2D eigenvalue weighted by molar-refractivity contribution is 8.02. The van der Waals surface area contributed by atoms with E-state index in [2.05, 4.69) is 10.3 Å². The molecule has 2 N–H and O–H groups in total. The molecule has 0 saturated carbocycles. The fourth-order valence-electron chi connectivity index (χ4n) is 1.47. The molecule has 1 aromatic rings. The molecule has 1 heterocycles. The summed E-state index contributed by atoms with van der Waals surface area (Å²) in [5.41, 5.74) is 7.80. The number of anilines is 1. The zero-order valence-electron chi connectivity index (χ0n) is 7.61. The molecule has 0 fully saturated rings. The Morgan fingerprint density at radius 2 is 2.36 bits per heavy atom. The van der Waals surface area contributed by atoms with Crippen molar-refractivity contribution in [3.8, 4) is 0 Å². The first-order chi connectivity index (χ1) is 6.83. The fraction of sp³-hybridized carbons (Fsp3) is 0.200. The van der Waals surface area contributed by atoms with Crippen molar-refractivity contribution < 1.29 is 0 Å². The number of benzene rings is 1. The van der Waals surface area contributed by atoms with Crippen LogP contribution in [0.5, 0.6) is 0 Å². The summed E-state index contributed by atoms with van der Waals surface area (Å²) < 4.78 is 0. The summed E-state index contributed by atoms with van der Waals surface area (Å²) in [4.78, 5) is 2.12. The SMILES string of the molecule is NCc1cccc(Cl)c1N1C=CSC1. The van der Waals surface area contributed by atoms with E-state index >= 15 is 0 Å². The number of nitrogens with two attached hydrogens (primary N) is 1. The summed E-state index contributed by atoms with van der Waals surface area (Å²) in [6.45, 7) is 0.519. The molecule has 74 valence electrons. The molecule has 0 aromatic heterocycles. The second-order valence-corrected chi connectivity index (χ2v) is 4.27. The van der Waals surface area contributed by atoms with Gasteiger partial charge in [-0.1, -0.05) is 23.7 Å². The number of hydrogen-bond acceptors (Lipinski definition) is 3. The van der Waals surface area contributed by atoms with Crippen LogP contribution in [0.4, 0.5) is 5.69 Å². The van der Waals surface area contributed by atoms with Gasteiger partial charge >= 0.3 is 0 Å². The Bertz CT molecular complexity index is 365. The van der Waals surface area contributed by atoms with Crippen molar-refractivity contribution in [3.05, 3.63) is 40.4 Å². The summed E-state index contributed by atoms with van der Waals surface area (Å²) in [6.07, 6.45) is 2.03. The van der Waals surface area contributed by atoms with Crippen LogP contribution in [0.3, 0.4) is 0 Å². The number of halogens is 1. The Balaban J connectivity index is 2.43. The lowest BCUT2D eigenvalue weighted by Gasteiger charge is -2.19. The Hall–Kier alpha value is -0.640. The second kappa shape index (κ2) is 4.26. The summed E-state index contributed by atoms with van der Waals surface area (Å²) in [5, 5.41) is 2.82.